The number of carbonyl (C=O) groups is 1. The number of nitrogens with one attached hydrogen (secondary N) is 1. The standard InChI is InChI=1S/C18H13F3N4O/c1-2-8-22-16(26)15-12-23-25(17(15)24-9-3-4-10-24)14-7-5-6-13(11-14)18(19,20)21/h1,3-7,9-12H,8H2,(H,22,26). The quantitative estimate of drug-likeness (QED) is 0.729. The number of nitrogens with zero attached hydrogens (tertiary/aromatic N) is 3. The highest BCUT2D eigenvalue weighted by Gasteiger charge is 2.31. The maximum absolute atomic E-state index is 13.0. The monoisotopic (exact) mass is 358 g/mol. The van der Waals surface area contributed by atoms with E-state index in [0.717, 1.165) is 12.1 Å². The molecule has 26 heavy (non-hydrogen) atoms. The zero-order chi connectivity index (χ0) is 18.7. The van der Waals surface area contributed by atoms with Gasteiger partial charge in [0.2, 0.25) is 0 Å². The minimum atomic E-state index is -4.48. The molecule has 8 heteroatoms. The van der Waals surface area contributed by atoms with Gasteiger partial charge in [0.1, 0.15) is 5.56 Å². The van der Waals surface area contributed by atoms with E-state index in [1.807, 2.05) is 0 Å². The molecule has 3 rings (SSSR count). The first kappa shape index (κ1) is 17.4. The molecule has 0 radical (unpaired) electrons. The smallest absolute Gasteiger partial charge is 0.341 e. The molecular weight excluding hydrogens is 345 g/mol. The van der Waals surface area contributed by atoms with Crippen molar-refractivity contribution in [1.29, 1.82) is 0 Å². The third kappa shape index (κ3) is 3.32. The molecule has 3 aromatic rings. The number of benzene rings is 1. The zero-order valence-corrected chi connectivity index (χ0v) is 13.4. The van der Waals surface area contributed by atoms with Crippen LogP contribution in [0.5, 0.6) is 0 Å². The molecule has 0 fully saturated rings. The van der Waals surface area contributed by atoms with Gasteiger partial charge in [0, 0.05) is 12.4 Å². The van der Waals surface area contributed by atoms with Crippen LogP contribution in [0.4, 0.5) is 13.2 Å². The van der Waals surface area contributed by atoms with Crippen molar-refractivity contribution in [3.8, 4) is 23.8 Å². The number of carbonyl (C=O) groups excluding carboxylic acids is 1. The van der Waals surface area contributed by atoms with E-state index in [2.05, 4.69) is 16.3 Å². The average Bonchev–Trinajstić information content (AvgIpc) is 3.27. The molecule has 5 nitrogen and oxygen atoms in total. The summed E-state index contributed by atoms with van der Waals surface area (Å²) in [6, 6.07) is 8.18. The second-order valence-electron chi connectivity index (χ2n) is 5.32. The molecule has 0 aliphatic rings. The highest BCUT2D eigenvalue weighted by Crippen LogP contribution is 2.31. The molecule has 2 heterocycles. The number of hydrogen-bond donors (Lipinski definition) is 1. The minimum absolute atomic E-state index is 0.0265. The van der Waals surface area contributed by atoms with Crippen LogP contribution in [0.15, 0.2) is 55.0 Å². The highest BCUT2D eigenvalue weighted by molar-refractivity contribution is 5.97. The van der Waals surface area contributed by atoms with E-state index in [1.54, 1.807) is 29.1 Å². The van der Waals surface area contributed by atoms with Crippen LogP contribution in [-0.4, -0.2) is 26.8 Å². The molecule has 1 aromatic carbocycles. The second kappa shape index (κ2) is 6.80. The SMILES string of the molecule is C#CCNC(=O)c1cnn(-c2cccc(C(F)(F)F)c2)c1-n1cccc1. The lowest BCUT2D eigenvalue weighted by molar-refractivity contribution is -0.137. The van der Waals surface area contributed by atoms with Crippen LogP contribution in [0.25, 0.3) is 11.5 Å². The van der Waals surface area contributed by atoms with Crippen molar-refractivity contribution < 1.29 is 18.0 Å². The van der Waals surface area contributed by atoms with Gasteiger partial charge in [-0.25, -0.2) is 4.68 Å². The summed E-state index contributed by atoms with van der Waals surface area (Å²) in [7, 11) is 0. The van der Waals surface area contributed by atoms with Gasteiger partial charge in [0.05, 0.1) is 24.0 Å². The maximum Gasteiger partial charge on any atom is 0.416 e. The maximum atomic E-state index is 13.0. The van der Waals surface area contributed by atoms with Crippen molar-refractivity contribution in [3.05, 3.63) is 66.1 Å². The predicted molar refractivity (Wildman–Crippen MR) is 89.1 cm³/mol. The Bertz CT molecular complexity index is 965. The summed E-state index contributed by atoms with van der Waals surface area (Å²) < 4.78 is 41.9. The van der Waals surface area contributed by atoms with Crippen molar-refractivity contribution in [1.82, 2.24) is 19.7 Å². The summed E-state index contributed by atoms with van der Waals surface area (Å²) in [5.74, 6) is 2.14. The normalized spacial score (nSPS) is 11.2. The average molecular weight is 358 g/mol. The van der Waals surface area contributed by atoms with E-state index in [4.69, 9.17) is 6.42 Å². The summed E-state index contributed by atoms with van der Waals surface area (Å²) in [6.07, 6.45) is 5.29. The van der Waals surface area contributed by atoms with Crippen molar-refractivity contribution in [2.75, 3.05) is 6.54 Å². The molecule has 2 aromatic heterocycles. The molecule has 0 aliphatic heterocycles. The Hall–Kier alpha value is -3.47. The lowest BCUT2D eigenvalue weighted by Crippen LogP contribution is -2.24. The van der Waals surface area contributed by atoms with Gasteiger partial charge >= 0.3 is 6.18 Å². The first-order valence-corrected chi connectivity index (χ1v) is 7.52. The van der Waals surface area contributed by atoms with Crippen molar-refractivity contribution in [2.45, 2.75) is 6.18 Å². The zero-order valence-electron chi connectivity index (χ0n) is 13.4. The molecule has 0 unspecified atom stereocenters. The highest BCUT2D eigenvalue weighted by atomic mass is 19.4. The molecule has 1 N–H and O–H groups in total. The van der Waals surface area contributed by atoms with Gasteiger partial charge in [-0.2, -0.15) is 18.3 Å². The largest absolute Gasteiger partial charge is 0.416 e. The van der Waals surface area contributed by atoms with E-state index < -0.39 is 17.6 Å². The van der Waals surface area contributed by atoms with E-state index in [1.165, 1.54) is 23.0 Å². The van der Waals surface area contributed by atoms with Gasteiger partial charge in [0.15, 0.2) is 5.82 Å². The summed E-state index contributed by atoms with van der Waals surface area (Å²) >= 11 is 0. The first-order chi connectivity index (χ1) is 12.4. The Morgan fingerprint density at radius 2 is 1.96 bits per heavy atom. The number of amides is 1. The van der Waals surface area contributed by atoms with Gasteiger partial charge in [-0.3, -0.25) is 4.79 Å². The van der Waals surface area contributed by atoms with Crippen LogP contribution in [0.2, 0.25) is 0 Å². The molecule has 0 saturated heterocycles. The van der Waals surface area contributed by atoms with Crippen LogP contribution >= 0.6 is 0 Å². The van der Waals surface area contributed by atoms with Crippen molar-refractivity contribution in [2.24, 2.45) is 0 Å². The molecule has 0 spiro atoms. The van der Waals surface area contributed by atoms with Gasteiger partial charge in [-0.15, -0.1) is 6.42 Å². The lowest BCUT2D eigenvalue weighted by atomic mass is 10.2. The Morgan fingerprint density at radius 3 is 2.62 bits per heavy atom. The minimum Gasteiger partial charge on any atom is -0.341 e. The van der Waals surface area contributed by atoms with Crippen LogP contribution in [0.1, 0.15) is 15.9 Å². The molecule has 1 amide bonds. The summed E-state index contributed by atoms with van der Waals surface area (Å²) in [5.41, 5.74) is -0.435. The van der Waals surface area contributed by atoms with Crippen LogP contribution in [-0.2, 0) is 6.18 Å². The molecular formula is C18H13F3N4O. The number of hydrogen-bond acceptors (Lipinski definition) is 2. The number of halogens is 3. The number of alkyl halides is 3. The fourth-order valence-corrected chi connectivity index (χ4v) is 2.46. The first-order valence-electron chi connectivity index (χ1n) is 7.52. The van der Waals surface area contributed by atoms with E-state index in [0.29, 0.717) is 5.82 Å². The van der Waals surface area contributed by atoms with Gasteiger partial charge in [-0.1, -0.05) is 12.0 Å². The van der Waals surface area contributed by atoms with Gasteiger partial charge in [-0.05, 0) is 30.3 Å². The Balaban J connectivity index is 2.13. The van der Waals surface area contributed by atoms with E-state index in [-0.39, 0.29) is 17.8 Å². The van der Waals surface area contributed by atoms with E-state index >= 15 is 0 Å². The topological polar surface area (TPSA) is 51.9 Å². The van der Waals surface area contributed by atoms with Gasteiger partial charge in [0.25, 0.3) is 5.91 Å². The number of terminal acetylenes is 1. The van der Waals surface area contributed by atoms with Crippen LogP contribution < -0.4 is 5.32 Å². The third-order valence-corrected chi connectivity index (χ3v) is 3.61. The Labute approximate surface area is 147 Å². The van der Waals surface area contributed by atoms with Crippen molar-refractivity contribution >= 4 is 5.91 Å². The number of aromatic nitrogens is 3. The molecule has 0 bridgehead atoms. The van der Waals surface area contributed by atoms with Gasteiger partial charge < -0.3 is 9.88 Å². The number of rotatable bonds is 4. The van der Waals surface area contributed by atoms with Crippen LogP contribution in [0, 0.1) is 12.3 Å². The fourth-order valence-electron chi connectivity index (χ4n) is 2.46. The summed E-state index contributed by atoms with van der Waals surface area (Å²) in [6.45, 7) is 0.0265. The third-order valence-electron chi connectivity index (χ3n) is 3.61. The van der Waals surface area contributed by atoms with Crippen molar-refractivity contribution in [3.63, 3.8) is 0 Å². The van der Waals surface area contributed by atoms with Crippen LogP contribution in [0.3, 0.4) is 0 Å². The fraction of sp³-hybridized carbons (Fsp3) is 0.111. The molecule has 0 saturated carbocycles. The predicted octanol–water partition coefficient (Wildman–Crippen LogP) is 3.04. The molecule has 132 valence electrons. The summed E-state index contributed by atoms with van der Waals surface area (Å²) in [5, 5.41) is 6.64. The molecule has 0 atom stereocenters. The Kier molecular flexibility index (Phi) is 4.54. The Morgan fingerprint density at radius 1 is 1.23 bits per heavy atom. The summed E-state index contributed by atoms with van der Waals surface area (Å²) in [4.78, 5) is 12.3. The second-order valence-corrected chi connectivity index (χ2v) is 5.32. The lowest BCUT2D eigenvalue weighted by Gasteiger charge is -2.13. The van der Waals surface area contributed by atoms with E-state index in [9.17, 15) is 18.0 Å². The molecule has 0 aliphatic carbocycles.